The number of halogens is 1. The zero-order valence-corrected chi connectivity index (χ0v) is 10.4. The molecule has 1 saturated heterocycles. The van der Waals surface area contributed by atoms with Crippen LogP contribution in [0, 0.1) is 0 Å². The van der Waals surface area contributed by atoms with Gasteiger partial charge in [0.25, 0.3) is 5.91 Å². The van der Waals surface area contributed by atoms with E-state index >= 15 is 0 Å². The van der Waals surface area contributed by atoms with Crippen molar-refractivity contribution >= 4 is 17.5 Å². The maximum atomic E-state index is 11.9. The molecular formula is C12H15ClN2O3. The first-order chi connectivity index (χ1) is 8.58. The molecule has 1 aromatic rings. The highest BCUT2D eigenvalue weighted by Crippen LogP contribution is 2.23. The number of carbonyl (C=O) groups is 1. The Morgan fingerprint density at radius 3 is 2.94 bits per heavy atom. The number of carbonyl (C=O) groups excluding carboxylic acids is 1. The topological polar surface area (TPSA) is 81.6 Å². The Bertz CT molecular complexity index is 453. The molecule has 0 radical (unpaired) electrons. The normalized spacial score (nSPS) is 23.7. The number of piperidine rings is 1. The molecule has 1 aromatic carbocycles. The van der Waals surface area contributed by atoms with Crippen molar-refractivity contribution in [3.8, 4) is 5.75 Å². The van der Waals surface area contributed by atoms with Gasteiger partial charge in [-0.25, -0.2) is 0 Å². The summed E-state index contributed by atoms with van der Waals surface area (Å²) in [7, 11) is 0. The summed E-state index contributed by atoms with van der Waals surface area (Å²) in [6.45, 7) is 1.24. The molecule has 1 aliphatic rings. The fourth-order valence-electron chi connectivity index (χ4n) is 1.91. The summed E-state index contributed by atoms with van der Waals surface area (Å²) in [6.07, 6.45) is 0.0916. The highest BCUT2D eigenvalue weighted by molar-refractivity contribution is 6.32. The molecule has 1 heterocycles. The molecule has 0 saturated carbocycles. The standard InChI is InChI=1S/C12H15ClN2O3/c13-8-5-7(1-2-10(8)16)12(18)15-9-3-4-14-6-11(9)17/h1-2,5,9,11,14,16-17H,3-4,6H2,(H,15,18)/t9-,11-/m1/s1. The average molecular weight is 271 g/mol. The monoisotopic (exact) mass is 270 g/mol. The Morgan fingerprint density at radius 1 is 1.50 bits per heavy atom. The van der Waals surface area contributed by atoms with Gasteiger partial charge < -0.3 is 20.8 Å². The first-order valence-electron chi connectivity index (χ1n) is 5.76. The van der Waals surface area contributed by atoms with E-state index in [1.807, 2.05) is 0 Å². The van der Waals surface area contributed by atoms with Crippen molar-refractivity contribution in [2.45, 2.75) is 18.6 Å². The van der Waals surface area contributed by atoms with E-state index in [0.29, 0.717) is 18.5 Å². The van der Waals surface area contributed by atoms with Crippen LogP contribution in [0.5, 0.6) is 5.75 Å². The Balaban J connectivity index is 2.04. The third kappa shape index (κ3) is 2.93. The lowest BCUT2D eigenvalue weighted by molar-refractivity contribution is 0.0765. The molecule has 98 valence electrons. The Morgan fingerprint density at radius 2 is 2.28 bits per heavy atom. The van der Waals surface area contributed by atoms with Gasteiger partial charge in [-0.05, 0) is 31.2 Å². The molecule has 0 bridgehead atoms. The maximum absolute atomic E-state index is 11.9. The fourth-order valence-corrected chi connectivity index (χ4v) is 2.09. The predicted molar refractivity (Wildman–Crippen MR) is 67.9 cm³/mol. The molecule has 2 rings (SSSR count). The third-order valence-corrected chi connectivity index (χ3v) is 3.28. The van der Waals surface area contributed by atoms with Gasteiger partial charge >= 0.3 is 0 Å². The van der Waals surface area contributed by atoms with Crippen LogP contribution in [0.25, 0.3) is 0 Å². The first-order valence-corrected chi connectivity index (χ1v) is 6.14. The Labute approximate surface area is 110 Å². The van der Waals surface area contributed by atoms with Crippen molar-refractivity contribution in [3.63, 3.8) is 0 Å². The van der Waals surface area contributed by atoms with Crippen molar-refractivity contribution in [3.05, 3.63) is 28.8 Å². The van der Waals surface area contributed by atoms with E-state index in [0.717, 1.165) is 6.54 Å². The quantitative estimate of drug-likeness (QED) is 0.631. The minimum absolute atomic E-state index is 0.0601. The van der Waals surface area contributed by atoms with Gasteiger partial charge in [0.1, 0.15) is 5.75 Å². The van der Waals surface area contributed by atoms with Gasteiger partial charge in [0.15, 0.2) is 0 Å². The van der Waals surface area contributed by atoms with Crippen LogP contribution >= 0.6 is 11.6 Å². The molecule has 0 unspecified atom stereocenters. The number of rotatable bonds is 2. The van der Waals surface area contributed by atoms with Crippen molar-refractivity contribution in [1.29, 1.82) is 0 Å². The van der Waals surface area contributed by atoms with Crippen molar-refractivity contribution in [1.82, 2.24) is 10.6 Å². The Kier molecular flexibility index (Phi) is 4.06. The second-order valence-corrected chi connectivity index (χ2v) is 4.71. The highest BCUT2D eigenvalue weighted by Gasteiger charge is 2.24. The molecule has 6 heteroatoms. The summed E-state index contributed by atoms with van der Waals surface area (Å²) < 4.78 is 0. The van der Waals surface area contributed by atoms with E-state index in [9.17, 15) is 15.0 Å². The number of nitrogens with one attached hydrogen (secondary N) is 2. The second kappa shape index (κ2) is 5.56. The van der Waals surface area contributed by atoms with Crippen LogP contribution in [0.1, 0.15) is 16.8 Å². The van der Waals surface area contributed by atoms with Gasteiger partial charge in [0, 0.05) is 12.1 Å². The van der Waals surface area contributed by atoms with Crippen molar-refractivity contribution < 1.29 is 15.0 Å². The zero-order valence-electron chi connectivity index (χ0n) is 9.69. The van der Waals surface area contributed by atoms with E-state index in [2.05, 4.69) is 10.6 Å². The number of aliphatic hydroxyl groups is 1. The molecule has 2 atom stereocenters. The smallest absolute Gasteiger partial charge is 0.251 e. The maximum Gasteiger partial charge on any atom is 0.251 e. The van der Waals surface area contributed by atoms with E-state index in [1.54, 1.807) is 0 Å². The SMILES string of the molecule is O=C(N[C@@H]1CCNC[C@H]1O)c1ccc(O)c(Cl)c1. The number of hydrogen-bond acceptors (Lipinski definition) is 4. The third-order valence-electron chi connectivity index (χ3n) is 2.98. The van der Waals surface area contributed by atoms with Crippen LogP contribution in [0.4, 0.5) is 0 Å². The summed E-state index contributed by atoms with van der Waals surface area (Å²) in [5.41, 5.74) is 0.364. The van der Waals surface area contributed by atoms with Crippen LogP contribution in [-0.2, 0) is 0 Å². The lowest BCUT2D eigenvalue weighted by Crippen LogP contribution is -2.52. The van der Waals surface area contributed by atoms with E-state index in [4.69, 9.17) is 11.6 Å². The van der Waals surface area contributed by atoms with Gasteiger partial charge in [-0.15, -0.1) is 0 Å². The number of β-amino-alcohol motifs (C(OH)–C–C–N with tert-alkyl or cyclic N) is 1. The lowest BCUT2D eigenvalue weighted by Gasteiger charge is -2.29. The minimum atomic E-state index is -0.588. The van der Waals surface area contributed by atoms with Crippen LogP contribution in [0.3, 0.4) is 0 Å². The van der Waals surface area contributed by atoms with Crippen LogP contribution < -0.4 is 10.6 Å². The number of phenolic OH excluding ortho intramolecular Hbond substituents is 1. The zero-order chi connectivity index (χ0) is 13.1. The summed E-state index contributed by atoms with van der Waals surface area (Å²) >= 11 is 5.74. The minimum Gasteiger partial charge on any atom is -0.506 e. The van der Waals surface area contributed by atoms with Crippen molar-refractivity contribution in [2.24, 2.45) is 0 Å². The summed E-state index contributed by atoms with van der Waals surface area (Å²) in [6, 6.07) is 4.01. The van der Waals surface area contributed by atoms with E-state index < -0.39 is 6.10 Å². The van der Waals surface area contributed by atoms with E-state index in [-0.39, 0.29) is 22.7 Å². The fraction of sp³-hybridized carbons (Fsp3) is 0.417. The second-order valence-electron chi connectivity index (χ2n) is 4.31. The lowest BCUT2D eigenvalue weighted by atomic mass is 10.0. The predicted octanol–water partition coefficient (Wildman–Crippen LogP) is 0.498. The highest BCUT2D eigenvalue weighted by atomic mass is 35.5. The molecule has 4 N–H and O–H groups in total. The number of amides is 1. The molecule has 5 nitrogen and oxygen atoms in total. The number of aromatic hydroxyl groups is 1. The molecule has 1 fully saturated rings. The molecule has 0 aromatic heterocycles. The summed E-state index contributed by atoms with van der Waals surface area (Å²) in [4.78, 5) is 11.9. The van der Waals surface area contributed by atoms with Crippen LogP contribution in [0.2, 0.25) is 5.02 Å². The molecular weight excluding hydrogens is 256 g/mol. The van der Waals surface area contributed by atoms with Crippen molar-refractivity contribution in [2.75, 3.05) is 13.1 Å². The van der Waals surface area contributed by atoms with Gasteiger partial charge in [0.2, 0.25) is 0 Å². The van der Waals surface area contributed by atoms with Gasteiger partial charge in [-0.1, -0.05) is 11.6 Å². The molecule has 0 spiro atoms. The number of phenols is 1. The molecule has 1 aliphatic heterocycles. The number of hydrogen-bond donors (Lipinski definition) is 4. The number of benzene rings is 1. The molecule has 0 aliphatic carbocycles. The van der Waals surface area contributed by atoms with Gasteiger partial charge in [-0.2, -0.15) is 0 Å². The van der Waals surface area contributed by atoms with Gasteiger partial charge in [0.05, 0.1) is 17.2 Å². The van der Waals surface area contributed by atoms with Crippen LogP contribution in [0.15, 0.2) is 18.2 Å². The van der Waals surface area contributed by atoms with E-state index in [1.165, 1.54) is 18.2 Å². The first kappa shape index (κ1) is 13.1. The molecule has 1 amide bonds. The largest absolute Gasteiger partial charge is 0.506 e. The van der Waals surface area contributed by atoms with Gasteiger partial charge in [-0.3, -0.25) is 4.79 Å². The van der Waals surface area contributed by atoms with Crippen LogP contribution in [-0.4, -0.2) is 41.4 Å². The Hall–Kier alpha value is -1.30. The average Bonchev–Trinajstić information content (AvgIpc) is 2.35. The molecule has 18 heavy (non-hydrogen) atoms. The number of aliphatic hydroxyl groups excluding tert-OH is 1. The summed E-state index contributed by atoms with van der Waals surface area (Å²) in [5.74, 6) is -0.363. The summed E-state index contributed by atoms with van der Waals surface area (Å²) in [5, 5.41) is 24.9.